The van der Waals surface area contributed by atoms with Gasteiger partial charge in [0.1, 0.15) is 0 Å². The van der Waals surface area contributed by atoms with Gasteiger partial charge < -0.3 is 9.16 Å². The van der Waals surface area contributed by atoms with Crippen LogP contribution in [0.4, 0.5) is 0 Å². The third-order valence-electron chi connectivity index (χ3n) is 4.95. The molecule has 136 valence electrons. The molecule has 1 aliphatic carbocycles. The summed E-state index contributed by atoms with van der Waals surface area (Å²) >= 11 is 0. The van der Waals surface area contributed by atoms with Gasteiger partial charge in [0.25, 0.3) is 0 Å². The summed E-state index contributed by atoms with van der Waals surface area (Å²) in [6.45, 7) is 6.62. The molecule has 0 radical (unpaired) electrons. The van der Waals surface area contributed by atoms with E-state index in [0.717, 1.165) is 36.5 Å². The van der Waals surface area contributed by atoms with Crippen LogP contribution in [-0.4, -0.2) is 33.3 Å². The second-order valence-electron chi connectivity index (χ2n) is 6.36. The van der Waals surface area contributed by atoms with Crippen LogP contribution in [0.3, 0.4) is 0 Å². The molecule has 0 heterocycles. The summed E-state index contributed by atoms with van der Waals surface area (Å²) in [6.07, 6.45) is 9.28. The first-order valence-electron chi connectivity index (χ1n) is 9.13. The van der Waals surface area contributed by atoms with Gasteiger partial charge in [-0.3, -0.25) is 9.59 Å². The van der Waals surface area contributed by atoms with E-state index < -0.39 is 8.32 Å². The summed E-state index contributed by atoms with van der Waals surface area (Å²) in [6, 6.07) is 3.32. The fraction of sp³-hybridized carbons (Fsp3) is 0.684. The Bertz CT molecular complexity index is 469. The average molecular weight is 353 g/mol. The average Bonchev–Trinajstić information content (AvgIpc) is 2.94. The first kappa shape index (κ1) is 20.8. The van der Waals surface area contributed by atoms with Gasteiger partial charge in [-0.2, -0.15) is 0 Å². The summed E-state index contributed by atoms with van der Waals surface area (Å²) < 4.78 is 11.0. The third kappa shape index (κ3) is 6.36. The van der Waals surface area contributed by atoms with E-state index in [-0.39, 0.29) is 17.9 Å². The highest BCUT2D eigenvalue weighted by Crippen LogP contribution is 2.29. The number of unbranched alkanes of at least 4 members (excludes halogenated alkanes) is 1. The predicted molar refractivity (Wildman–Crippen MR) is 99.4 cm³/mol. The molecule has 1 rings (SSSR count). The molecule has 1 atom stereocenters. The fourth-order valence-corrected chi connectivity index (χ4v) is 5.86. The van der Waals surface area contributed by atoms with Crippen molar-refractivity contribution in [1.29, 1.82) is 0 Å². The van der Waals surface area contributed by atoms with E-state index in [4.69, 9.17) is 4.43 Å². The molecule has 0 N–H and O–H groups in total. The topological polar surface area (TPSA) is 52.6 Å². The summed E-state index contributed by atoms with van der Waals surface area (Å²) in [5, 5.41) is 0. The second-order valence-corrected chi connectivity index (χ2v) is 11.1. The van der Waals surface area contributed by atoms with Crippen LogP contribution in [0.15, 0.2) is 23.8 Å². The lowest BCUT2D eigenvalue weighted by Crippen LogP contribution is -2.39. The summed E-state index contributed by atoms with van der Waals surface area (Å²) in [4.78, 5) is 23.2. The molecule has 0 aromatic carbocycles. The summed E-state index contributed by atoms with van der Waals surface area (Å²) in [5.74, 6) is 0.0397. The molecular weight excluding hydrogens is 320 g/mol. The van der Waals surface area contributed by atoms with E-state index in [1.54, 1.807) is 0 Å². The number of carbonyl (C=O) groups excluding carboxylic acids is 2. The van der Waals surface area contributed by atoms with Gasteiger partial charge in [-0.15, -0.1) is 0 Å². The molecular formula is C19H32O4Si. The smallest absolute Gasteiger partial charge is 0.305 e. The molecule has 0 spiro atoms. The zero-order valence-electron chi connectivity index (χ0n) is 15.6. The summed E-state index contributed by atoms with van der Waals surface area (Å²) in [7, 11) is -0.259. The Morgan fingerprint density at radius 3 is 2.50 bits per heavy atom. The molecule has 0 amide bonds. The van der Waals surface area contributed by atoms with Crippen molar-refractivity contribution in [3.8, 4) is 0 Å². The molecule has 0 aliphatic heterocycles. The van der Waals surface area contributed by atoms with Crippen LogP contribution in [0.2, 0.25) is 18.1 Å². The Balaban J connectivity index is 2.45. The number of hydrogen-bond acceptors (Lipinski definition) is 4. The number of allylic oxidation sites excluding steroid dienone is 3. The van der Waals surface area contributed by atoms with Crippen molar-refractivity contribution >= 4 is 20.1 Å². The minimum Gasteiger partial charge on any atom is -0.469 e. The van der Waals surface area contributed by atoms with Gasteiger partial charge >= 0.3 is 5.97 Å². The highest BCUT2D eigenvalue weighted by atomic mass is 28.4. The van der Waals surface area contributed by atoms with Crippen LogP contribution in [0.25, 0.3) is 0 Å². The van der Waals surface area contributed by atoms with E-state index in [0.29, 0.717) is 19.3 Å². The van der Waals surface area contributed by atoms with Crippen LogP contribution in [0.1, 0.15) is 52.9 Å². The maximum Gasteiger partial charge on any atom is 0.305 e. The lowest BCUT2D eigenvalue weighted by Gasteiger charge is -2.30. The van der Waals surface area contributed by atoms with Gasteiger partial charge in [0, 0.05) is 12.8 Å². The van der Waals surface area contributed by atoms with E-state index in [9.17, 15) is 9.59 Å². The summed E-state index contributed by atoms with van der Waals surface area (Å²) in [5.41, 5.74) is 0.871. The number of hydrogen-bond donors (Lipinski definition) is 0. The van der Waals surface area contributed by atoms with Gasteiger partial charge in [-0.05, 0) is 49.0 Å². The fourth-order valence-electron chi connectivity index (χ4n) is 3.06. The van der Waals surface area contributed by atoms with E-state index in [1.807, 2.05) is 18.2 Å². The van der Waals surface area contributed by atoms with E-state index in [2.05, 4.69) is 25.5 Å². The Hall–Kier alpha value is -1.20. The minimum absolute atomic E-state index is 0.0215. The zero-order chi connectivity index (χ0) is 18.0. The van der Waals surface area contributed by atoms with Crippen molar-refractivity contribution < 1.29 is 18.8 Å². The maximum atomic E-state index is 12.2. The SMILES string of the molecule is CC[Si](CC)(CC)OC1C=C(CC=CCCCC(=O)OC)C(=O)C1. The lowest BCUT2D eigenvalue weighted by atomic mass is 10.1. The van der Waals surface area contributed by atoms with E-state index >= 15 is 0 Å². The van der Waals surface area contributed by atoms with Gasteiger partial charge in [0.05, 0.1) is 13.2 Å². The molecule has 5 heteroatoms. The van der Waals surface area contributed by atoms with Crippen molar-refractivity contribution in [3.63, 3.8) is 0 Å². The van der Waals surface area contributed by atoms with Crippen LogP contribution < -0.4 is 0 Å². The normalized spacial score (nSPS) is 18.2. The number of ether oxygens (including phenoxy) is 1. The number of methoxy groups -OCH3 is 1. The molecule has 0 saturated heterocycles. The minimum atomic E-state index is -1.66. The molecule has 0 bridgehead atoms. The van der Waals surface area contributed by atoms with Crippen LogP contribution >= 0.6 is 0 Å². The van der Waals surface area contributed by atoms with Gasteiger partial charge in [0.2, 0.25) is 0 Å². The molecule has 1 unspecified atom stereocenters. The van der Waals surface area contributed by atoms with Crippen molar-refractivity contribution in [2.24, 2.45) is 0 Å². The Kier molecular flexibility index (Phi) is 9.22. The number of esters is 1. The van der Waals surface area contributed by atoms with Crippen LogP contribution in [0.5, 0.6) is 0 Å². The molecule has 0 fully saturated rings. The predicted octanol–water partition coefficient (Wildman–Crippen LogP) is 4.57. The van der Waals surface area contributed by atoms with Crippen molar-refractivity contribution in [2.45, 2.75) is 77.1 Å². The Morgan fingerprint density at radius 1 is 1.25 bits per heavy atom. The van der Waals surface area contributed by atoms with E-state index in [1.165, 1.54) is 7.11 Å². The number of rotatable bonds is 11. The van der Waals surface area contributed by atoms with Gasteiger partial charge in [0.15, 0.2) is 14.1 Å². The Morgan fingerprint density at radius 2 is 1.92 bits per heavy atom. The largest absolute Gasteiger partial charge is 0.469 e. The first-order chi connectivity index (χ1) is 11.5. The van der Waals surface area contributed by atoms with Crippen molar-refractivity contribution in [3.05, 3.63) is 23.8 Å². The number of carbonyl (C=O) groups is 2. The molecule has 4 nitrogen and oxygen atoms in total. The van der Waals surface area contributed by atoms with Gasteiger partial charge in [-0.25, -0.2) is 0 Å². The number of Topliss-reactive ketones (excluding diaryl/α,β-unsaturated/α-hetero) is 1. The monoisotopic (exact) mass is 352 g/mol. The van der Waals surface area contributed by atoms with Crippen LogP contribution in [-0.2, 0) is 18.8 Å². The molecule has 0 aromatic heterocycles. The zero-order valence-corrected chi connectivity index (χ0v) is 16.6. The second kappa shape index (κ2) is 10.6. The highest BCUT2D eigenvalue weighted by molar-refractivity contribution is 6.73. The lowest BCUT2D eigenvalue weighted by molar-refractivity contribution is -0.140. The maximum absolute atomic E-state index is 12.2. The van der Waals surface area contributed by atoms with Crippen molar-refractivity contribution in [2.75, 3.05) is 7.11 Å². The molecule has 24 heavy (non-hydrogen) atoms. The molecule has 0 saturated carbocycles. The quantitative estimate of drug-likeness (QED) is 0.237. The number of ketones is 1. The van der Waals surface area contributed by atoms with Gasteiger partial charge in [-0.1, -0.05) is 32.9 Å². The molecule has 1 aliphatic rings. The standard InChI is InChI=1S/C19H32O4Si/c1-5-24(6-2,7-3)23-17-14-16(18(20)15-17)12-10-8-9-11-13-19(21)22-4/h8,10,14,17H,5-7,9,11-13,15H2,1-4H3. The molecule has 0 aromatic rings. The third-order valence-corrected chi connectivity index (χ3v) is 9.62. The highest BCUT2D eigenvalue weighted by Gasteiger charge is 2.34. The Labute approximate surface area is 147 Å². The van der Waals surface area contributed by atoms with Crippen molar-refractivity contribution in [1.82, 2.24) is 0 Å². The first-order valence-corrected chi connectivity index (χ1v) is 11.7. The van der Waals surface area contributed by atoms with Crippen LogP contribution in [0, 0.1) is 0 Å².